The summed E-state index contributed by atoms with van der Waals surface area (Å²) < 4.78 is 42.0. The zero-order valence-electron chi connectivity index (χ0n) is 17.4. The van der Waals surface area contributed by atoms with Crippen LogP contribution >= 0.6 is 0 Å². The molecule has 1 amide bonds. The van der Waals surface area contributed by atoms with Gasteiger partial charge in [-0.15, -0.1) is 0 Å². The van der Waals surface area contributed by atoms with Crippen molar-refractivity contribution in [1.29, 1.82) is 0 Å². The number of fused-ring (bicyclic) bond motifs is 3. The SMILES string of the molecule is CCn1cc(C(=O)N2CCc3c([nH]c4ccccc34)C2c2cccc(C(F)(F)F)c2)cn1. The quantitative estimate of drug-likeness (QED) is 0.479. The zero-order valence-corrected chi connectivity index (χ0v) is 17.4. The maximum Gasteiger partial charge on any atom is 0.416 e. The summed E-state index contributed by atoms with van der Waals surface area (Å²) in [5.74, 6) is -0.253. The number of para-hydroxylation sites is 1. The molecule has 0 saturated carbocycles. The van der Waals surface area contributed by atoms with E-state index in [1.54, 1.807) is 21.8 Å². The molecule has 0 fully saturated rings. The molecular formula is C24H21F3N4O. The molecule has 0 saturated heterocycles. The molecule has 1 N–H and O–H groups in total. The minimum Gasteiger partial charge on any atom is -0.356 e. The lowest BCUT2D eigenvalue weighted by Gasteiger charge is -2.36. The first-order valence-electron chi connectivity index (χ1n) is 10.5. The van der Waals surface area contributed by atoms with Crippen molar-refractivity contribution in [3.05, 3.63) is 88.9 Å². The number of amides is 1. The van der Waals surface area contributed by atoms with Crippen LogP contribution < -0.4 is 0 Å². The van der Waals surface area contributed by atoms with E-state index in [1.807, 2.05) is 31.2 Å². The highest BCUT2D eigenvalue weighted by molar-refractivity contribution is 5.95. The first-order chi connectivity index (χ1) is 15.4. The summed E-state index contributed by atoms with van der Waals surface area (Å²) in [6.07, 6.45) is -0.671. The largest absolute Gasteiger partial charge is 0.416 e. The number of aromatic nitrogens is 3. The number of carbonyl (C=O) groups excluding carboxylic acids is 1. The van der Waals surface area contributed by atoms with Gasteiger partial charge < -0.3 is 9.88 Å². The predicted octanol–water partition coefficient (Wildman–Crippen LogP) is 5.19. The van der Waals surface area contributed by atoms with Gasteiger partial charge in [-0.2, -0.15) is 18.3 Å². The van der Waals surface area contributed by atoms with Crippen molar-refractivity contribution >= 4 is 16.8 Å². The van der Waals surface area contributed by atoms with E-state index in [4.69, 9.17) is 0 Å². The summed E-state index contributed by atoms with van der Waals surface area (Å²) >= 11 is 0. The molecule has 32 heavy (non-hydrogen) atoms. The molecule has 3 heterocycles. The second-order valence-corrected chi connectivity index (χ2v) is 7.92. The van der Waals surface area contributed by atoms with Crippen LogP contribution in [0.15, 0.2) is 60.9 Å². The number of benzene rings is 2. The Labute approximate surface area is 182 Å². The van der Waals surface area contributed by atoms with Crippen LogP contribution in [-0.2, 0) is 19.1 Å². The molecule has 2 aromatic heterocycles. The summed E-state index contributed by atoms with van der Waals surface area (Å²) in [6, 6.07) is 12.4. The summed E-state index contributed by atoms with van der Waals surface area (Å²) in [5.41, 5.74) is 2.81. The van der Waals surface area contributed by atoms with Gasteiger partial charge in [-0.25, -0.2) is 0 Å². The van der Waals surface area contributed by atoms with Crippen LogP contribution in [0.5, 0.6) is 0 Å². The van der Waals surface area contributed by atoms with E-state index in [-0.39, 0.29) is 5.91 Å². The molecule has 0 radical (unpaired) electrons. The van der Waals surface area contributed by atoms with Crippen LogP contribution in [0.25, 0.3) is 10.9 Å². The van der Waals surface area contributed by atoms with Crippen molar-refractivity contribution in [3.63, 3.8) is 0 Å². The van der Waals surface area contributed by atoms with Gasteiger partial charge in [0.2, 0.25) is 0 Å². The van der Waals surface area contributed by atoms with Gasteiger partial charge in [0.1, 0.15) is 0 Å². The monoisotopic (exact) mass is 438 g/mol. The molecule has 5 nitrogen and oxygen atoms in total. The maximum absolute atomic E-state index is 13.5. The number of hydrogen-bond donors (Lipinski definition) is 1. The number of halogens is 3. The number of H-pyrrole nitrogens is 1. The van der Waals surface area contributed by atoms with Gasteiger partial charge in [-0.3, -0.25) is 9.48 Å². The molecule has 0 aliphatic carbocycles. The highest BCUT2D eigenvalue weighted by Gasteiger charge is 2.37. The van der Waals surface area contributed by atoms with Gasteiger partial charge in [0.25, 0.3) is 5.91 Å². The van der Waals surface area contributed by atoms with Gasteiger partial charge >= 0.3 is 6.18 Å². The average molecular weight is 438 g/mol. The van der Waals surface area contributed by atoms with E-state index in [0.717, 1.165) is 34.3 Å². The Kier molecular flexibility index (Phi) is 4.80. The number of nitrogens with zero attached hydrogens (tertiary/aromatic N) is 3. The van der Waals surface area contributed by atoms with Crippen LogP contribution in [0.4, 0.5) is 13.2 Å². The standard InChI is InChI=1S/C24H21F3N4O/c1-2-30-14-16(13-28-30)23(32)31-11-10-19-18-8-3-4-9-20(18)29-21(19)22(31)15-6-5-7-17(12-15)24(25,26)27/h3-9,12-14,22,29H,2,10-11H2,1H3. The van der Waals surface area contributed by atoms with Crippen molar-refractivity contribution in [1.82, 2.24) is 19.7 Å². The molecule has 1 aliphatic rings. The van der Waals surface area contributed by atoms with E-state index in [1.165, 1.54) is 12.3 Å². The lowest BCUT2D eigenvalue weighted by atomic mass is 9.91. The Morgan fingerprint density at radius 2 is 2.00 bits per heavy atom. The Morgan fingerprint density at radius 3 is 2.75 bits per heavy atom. The summed E-state index contributed by atoms with van der Waals surface area (Å²) in [6.45, 7) is 2.94. The van der Waals surface area contributed by atoms with Crippen LogP contribution in [0.1, 0.15) is 45.7 Å². The number of carbonyl (C=O) groups is 1. The molecule has 1 unspecified atom stereocenters. The molecule has 164 valence electrons. The first kappa shape index (κ1) is 20.4. The van der Waals surface area contributed by atoms with Crippen LogP contribution in [-0.4, -0.2) is 32.1 Å². The highest BCUT2D eigenvalue weighted by Crippen LogP contribution is 2.40. The molecule has 8 heteroatoms. The Balaban J connectivity index is 1.66. The number of rotatable bonds is 3. The van der Waals surface area contributed by atoms with Crippen molar-refractivity contribution in [2.24, 2.45) is 0 Å². The normalized spacial score (nSPS) is 16.4. The predicted molar refractivity (Wildman–Crippen MR) is 114 cm³/mol. The fraction of sp³-hybridized carbons (Fsp3) is 0.250. The lowest BCUT2D eigenvalue weighted by molar-refractivity contribution is -0.137. The van der Waals surface area contributed by atoms with E-state index in [0.29, 0.717) is 30.6 Å². The Hall–Kier alpha value is -3.55. The Morgan fingerprint density at radius 1 is 1.19 bits per heavy atom. The third-order valence-corrected chi connectivity index (χ3v) is 6.03. The van der Waals surface area contributed by atoms with E-state index >= 15 is 0 Å². The zero-order chi connectivity index (χ0) is 22.5. The van der Waals surface area contributed by atoms with Crippen molar-refractivity contribution in [3.8, 4) is 0 Å². The first-order valence-corrected chi connectivity index (χ1v) is 10.5. The van der Waals surface area contributed by atoms with Gasteiger partial charge in [0.05, 0.1) is 23.4 Å². The molecular weight excluding hydrogens is 417 g/mol. The van der Waals surface area contributed by atoms with Gasteiger partial charge in [0, 0.05) is 35.9 Å². The van der Waals surface area contributed by atoms with E-state index < -0.39 is 17.8 Å². The van der Waals surface area contributed by atoms with E-state index in [9.17, 15) is 18.0 Å². The number of aryl methyl sites for hydroxylation is 1. The molecule has 1 aliphatic heterocycles. The third-order valence-electron chi connectivity index (χ3n) is 6.03. The second kappa shape index (κ2) is 7.55. The smallest absolute Gasteiger partial charge is 0.356 e. The van der Waals surface area contributed by atoms with Crippen molar-refractivity contribution in [2.75, 3.05) is 6.54 Å². The fourth-order valence-electron chi connectivity index (χ4n) is 4.50. The number of aromatic amines is 1. The van der Waals surface area contributed by atoms with Crippen LogP contribution in [0, 0.1) is 0 Å². The molecule has 0 bridgehead atoms. The fourth-order valence-corrected chi connectivity index (χ4v) is 4.50. The average Bonchev–Trinajstić information content (AvgIpc) is 3.42. The minimum atomic E-state index is -4.47. The summed E-state index contributed by atoms with van der Waals surface area (Å²) in [4.78, 5) is 18.5. The lowest BCUT2D eigenvalue weighted by Crippen LogP contribution is -2.40. The third kappa shape index (κ3) is 3.36. The van der Waals surface area contributed by atoms with E-state index in [2.05, 4.69) is 10.1 Å². The highest BCUT2D eigenvalue weighted by atomic mass is 19.4. The summed E-state index contributed by atoms with van der Waals surface area (Å²) in [7, 11) is 0. The second-order valence-electron chi connectivity index (χ2n) is 7.92. The van der Waals surface area contributed by atoms with Crippen molar-refractivity contribution in [2.45, 2.75) is 32.1 Å². The van der Waals surface area contributed by atoms with Gasteiger partial charge in [0.15, 0.2) is 0 Å². The Bertz CT molecular complexity index is 1300. The van der Waals surface area contributed by atoms with Gasteiger partial charge in [-0.05, 0) is 42.7 Å². The van der Waals surface area contributed by atoms with Crippen LogP contribution in [0.2, 0.25) is 0 Å². The van der Waals surface area contributed by atoms with Crippen molar-refractivity contribution < 1.29 is 18.0 Å². The molecule has 5 rings (SSSR count). The topological polar surface area (TPSA) is 53.9 Å². The molecule has 2 aromatic carbocycles. The van der Waals surface area contributed by atoms with Gasteiger partial charge in [-0.1, -0.05) is 30.3 Å². The minimum absolute atomic E-state index is 0.253. The number of hydrogen-bond acceptors (Lipinski definition) is 2. The number of alkyl halides is 3. The number of nitrogens with one attached hydrogen (secondary N) is 1. The van der Waals surface area contributed by atoms with Crippen LogP contribution in [0.3, 0.4) is 0 Å². The molecule has 4 aromatic rings. The summed E-state index contributed by atoms with van der Waals surface area (Å²) in [5, 5.41) is 5.22. The molecule has 1 atom stereocenters. The molecule has 0 spiro atoms. The maximum atomic E-state index is 13.5.